The number of hydrogen-bond donors (Lipinski definition) is 2. The number of rotatable bonds is 3. The van der Waals surface area contributed by atoms with Crippen LogP contribution in [0.1, 0.15) is 52.7 Å². The second kappa shape index (κ2) is 7.55. The Hall–Kier alpha value is -2.24. The molecule has 2 N–H and O–H groups in total. The monoisotopic (exact) mass is 336 g/mol. The lowest BCUT2D eigenvalue weighted by Gasteiger charge is -2.27. The van der Waals surface area contributed by atoms with E-state index in [9.17, 15) is 9.59 Å². The van der Waals surface area contributed by atoms with Crippen LogP contribution >= 0.6 is 0 Å². The largest absolute Gasteiger partial charge is 0.483 e. The number of carbonyl (C=O) groups is 2. The Kier molecular flexibility index (Phi) is 6.23. The van der Waals surface area contributed by atoms with Crippen molar-refractivity contribution in [2.75, 3.05) is 13.7 Å². The van der Waals surface area contributed by atoms with E-state index in [1.165, 1.54) is 12.7 Å². The molecule has 24 heavy (non-hydrogen) atoms. The van der Waals surface area contributed by atoms with Crippen LogP contribution in [0.5, 0.6) is 5.75 Å². The fourth-order valence-corrected chi connectivity index (χ4v) is 2.06. The summed E-state index contributed by atoms with van der Waals surface area (Å²) >= 11 is 0. The molecule has 0 atom stereocenters. The summed E-state index contributed by atoms with van der Waals surface area (Å²) in [4.78, 5) is 22.6. The molecule has 6 nitrogen and oxygen atoms in total. The Morgan fingerprint density at radius 2 is 1.62 bits per heavy atom. The van der Waals surface area contributed by atoms with E-state index in [-0.39, 0.29) is 17.4 Å². The van der Waals surface area contributed by atoms with Crippen LogP contribution in [0.15, 0.2) is 18.2 Å². The van der Waals surface area contributed by atoms with Gasteiger partial charge < -0.3 is 9.47 Å². The van der Waals surface area contributed by atoms with Gasteiger partial charge in [-0.2, -0.15) is 0 Å². The molecule has 0 saturated carbocycles. The molecule has 2 amide bonds. The number of hydrogen-bond acceptors (Lipinski definition) is 4. The molecule has 0 aliphatic carbocycles. The highest BCUT2D eigenvalue weighted by Crippen LogP contribution is 2.35. The molecule has 0 aromatic heterocycles. The number of amides is 2. The Balaban J connectivity index is 2.88. The van der Waals surface area contributed by atoms with E-state index in [4.69, 9.17) is 4.74 Å². The normalized spacial score (nSPS) is 11.6. The van der Waals surface area contributed by atoms with E-state index in [0.29, 0.717) is 5.75 Å². The van der Waals surface area contributed by atoms with Gasteiger partial charge in [0.05, 0.1) is 7.11 Å². The van der Waals surface area contributed by atoms with Gasteiger partial charge in [0.1, 0.15) is 5.75 Å². The van der Waals surface area contributed by atoms with Gasteiger partial charge >= 0.3 is 6.09 Å². The summed E-state index contributed by atoms with van der Waals surface area (Å²) < 4.78 is 10.0. The highest BCUT2D eigenvalue weighted by atomic mass is 16.5. The number of hydrazine groups is 1. The van der Waals surface area contributed by atoms with Gasteiger partial charge in [-0.25, -0.2) is 10.2 Å². The zero-order valence-corrected chi connectivity index (χ0v) is 15.6. The standard InChI is InChI=1S/C18H28N2O4/c1-17(2,3)12-8-9-14(13(10-12)18(4,5)6)24-11-15(21)19-20-16(22)23-7/h8-10H,11H2,1-7H3,(H,19,21)(H,20,22). The minimum atomic E-state index is -0.742. The molecule has 1 aromatic rings. The van der Waals surface area contributed by atoms with E-state index < -0.39 is 12.0 Å². The van der Waals surface area contributed by atoms with Gasteiger partial charge in [0.25, 0.3) is 5.91 Å². The molecule has 0 bridgehead atoms. The zero-order valence-electron chi connectivity index (χ0n) is 15.6. The quantitative estimate of drug-likeness (QED) is 0.832. The van der Waals surface area contributed by atoms with Gasteiger partial charge in [0, 0.05) is 0 Å². The maximum atomic E-state index is 11.7. The lowest BCUT2D eigenvalue weighted by atomic mass is 9.80. The molecule has 0 heterocycles. The first kappa shape index (κ1) is 19.8. The molecule has 0 spiro atoms. The summed E-state index contributed by atoms with van der Waals surface area (Å²) in [6.45, 7) is 12.5. The summed E-state index contributed by atoms with van der Waals surface area (Å²) in [5.74, 6) is 0.184. The molecule has 0 aliphatic rings. The van der Waals surface area contributed by atoms with Crippen molar-refractivity contribution >= 4 is 12.0 Å². The average molecular weight is 336 g/mol. The third-order valence-corrected chi connectivity index (χ3v) is 3.50. The van der Waals surface area contributed by atoms with Gasteiger partial charge in [0.15, 0.2) is 6.61 Å². The third kappa shape index (κ3) is 5.76. The van der Waals surface area contributed by atoms with Crippen LogP contribution in [-0.4, -0.2) is 25.7 Å². The fourth-order valence-electron chi connectivity index (χ4n) is 2.06. The maximum Gasteiger partial charge on any atom is 0.425 e. The molecule has 1 aromatic carbocycles. The van der Waals surface area contributed by atoms with Gasteiger partial charge in [-0.15, -0.1) is 0 Å². The first-order chi connectivity index (χ1) is 10.9. The van der Waals surface area contributed by atoms with Crippen molar-refractivity contribution in [2.24, 2.45) is 0 Å². The predicted molar refractivity (Wildman–Crippen MR) is 93.0 cm³/mol. The van der Waals surface area contributed by atoms with E-state index in [0.717, 1.165) is 5.56 Å². The number of ether oxygens (including phenoxy) is 2. The van der Waals surface area contributed by atoms with Crippen molar-refractivity contribution in [2.45, 2.75) is 52.4 Å². The van der Waals surface area contributed by atoms with Crippen molar-refractivity contribution in [3.05, 3.63) is 29.3 Å². The third-order valence-electron chi connectivity index (χ3n) is 3.50. The van der Waals surface area contributed by atoms with Crippen LogP contribution in [0, 0.1) is 0 Å². The zero-order chi connectivity index (χ0) is 18.5. The second-order valence-corrected chi connectivity index (χ2v) is 7.66. The van der Waals surface area contributed by atoms with Crippen LogP contribution in [0.4, 0.5) is 4.79 Å². The van der Waals surface area contributed by atoms with E-state index in [1.54, 1.807) is 0 Å². The molecular weight excluding hydrogens is 308 g/mol. The topological polar surface area (TPSA) is 76.7 Å². The van der Waals surface area contributed by atoms with Crippen molar-refractivity contribution in [1.29, 1.82) is 0 Å². The summed E-state index contributed by atoms with van der Waals surface area (Å²) in [7, 11) is 1.21. The summed E-state index contributed by atoms with van der Waals surface area (Å²) in [5, 5.41) is 0. The SMILES string of the molecule is COC(=O)NNC(=O)COc1ccc(C(C)(C)C)cc1C(C)(C)C. The first-order valence-electron chi connectivity index (χ1n) is 7.86. The Bertz CT molecular complexity index is 598. The maximum absolute atomic E-state index is 11.7. The molecule has 0 unspecified atom stereocenters. The Labute approximate surface area is 143 Å². The number of benzene rings is 1. The molecule has 134 valence electrons. The molecular formula is C18H28N2O4. The number of nitrogens with one attached hydrogen (secondary N) is 2. The molecule has 1 rings (SSSR count). The van der Waals surface area contributed by atoms with Crippen molar-refractivity contribution in [1.82, 2.24) is 10.9 Å². The fraction of sp³-hybridized carbons (Fsp3) is 0.556. The Morgan fingerprint density at radius 1 is 1.00 bits per heavy atom. The van der Waals surface area contributed by atoms with Gasteiger partial charge in [-0.05, 0) is 28.0 Å². The Morgan fingerprint density at radius 3 is 2.12 bits per heavy atom. The van der Waals surface area contributed by atoms with Crippen molar-refractivity contribution in [3.63, 3.8) is 0 Å². The minimum Gasteiger partial charge on any atom is -0.483 e. The highest BCUT2D eigenvalue weighted by Gasteiger charge is 2.23. The average Bonchev–Trinajstić information content (AvgIpc) is 2.48. The second-order valence-electron chi connectivity index (χ2n) is 7.66. The van der Waals surface area contributed by atoms with Crippen molar-refractivity contribution < 1.29 is 19.1 Å². The minimum absolute atomic E-state index is 0.0281. The van der Waals surface area contributed by atoms with Crippen LogP contribution in [0.3, 0.4) is 0 Å². The van der Waals surface area contributed by atoms with E-state index >= 15 is 0 Å². The number of methoxy groups -OCH3 is 1. The van der Waals surface area contributed by atoms with Gasteiger partial charge in [-0.3, -0.25) is 10.2 Å². The summed E-state index contributed by atoms with van der Waals surface area (Å²) in [6.07, 6.45) is -0.742. The molecule has 0 fully saturated rings. The molecule has 0 radical (unpaired) electrons. The summed E-state index contributed by atoms with van der Waals surface area (Å²) in [6, 6.07) is 6.03. The molecule has 6 heteroatoms. The van der Waals surface area contributed by atoms with E-state index in [1.807, 2.05) is 12.1 Å². The predicted octanol–water partition coefficient (Wildman–Crippen LogP) is 3.05. The molecule has 0 saturated heterocycles. The summed E-state index contributed by atoms with van der Waals surface area (Å²) in [5.41, 5.74) is 6.45. The van der Waals surface area contributed by atoms with Gasteiger partial charge in [0.2, 0.25) is 0 Å². The van der Waals surface area contributed by atoms with Crippen LogP contribution in [0.2, 0.25) is 0 Å². The van der Waals surface area contributed by atoms with Crippen LogP contribution < -0.4 is 15.6 Å². The smallest absolute Gasteiger partial charge is 0.425 e. The van der Waals surface area contributed by atoms with Gasteiger partial charge in [-0.1, -0.05) is 53.7 Å². The first-order valence-corrected chi connectivity index (χ1v) is 7.86. The number of carbonyl (C=O) groups excluding carboxylic acids is 2. The van der Waals surface area contributed by atoms with Crippen LogP contribution in [-0.2, 0) is 20.4 Å². The highest BCUT2D eigenvalue weighted by molar-refractivity contribution is 5.80. The van der Waals surface area contributed by atoms with E-state index in [2.05, 4.69) is 63.2 Å². The lowest BCUT2D eigenvalue weighted by Crippen LogP contribution is -2.43. The lowest BCUT2D eigenvalue weighted by molar-refractivity contribution is -0.123. The molecule has 0 aliphatic heterocycles. The van der Waals surface area contributed by atoms with Crippen molar-refractivity contribution in [3.8, 4) is 5.75 Å². The van der Waals surface area contributed by atoms with Crippen LogP contribution in [0.25, 0.3) is 0 Å².